The van der Waals surface area contributed by atoms with E-state index in [2.05, 4.69) is 5.32 Å². The number of phenolic OH excluding ortho intramolecular Hbond substituents is 1. The molecule has 0 radical (unpaired) electrons. The number of nitrogens with zero attached hydrogens (tertiary/aromatic N) is 1. The van der Waals surface area contributed by atoms with Crippen LogP contribution in [0.25, 0.3) is 0 Å². The van der Waals surface area contributed by atoms with Crippen LogP contribution >= 0.6 is 0 Å². The molecule has 0 spiro atoms. The molecule has 27 heavy (non-hydrogen) atoms. The van der Waals surface area contributed by atoms with Gasteiger partial charge in [-0.3, -0.25) is 4.79 Å². The zero-order chi connectivity index (χ0) is 20.2. The van der Waals surface area contributed by atoms with Gasteiger partial charge in [-0.25, -0.2) is 17.5 Å². The quantitative estimate of drug-likeness (QED) is 0.724. The van der Waals surface area contributed by atoms with Gasteiger partial charge < -0.3 is 15.2 Å². The van der Waals surface area contributed by atoms with Crippen molar-refractivity contribution < 1.29 is 27.9 Å². The smallest absolute Gasteiger partial charge is 0.338 e. The molecule has 9 heteroatoms. The summed E-state index contributed by atoms with van der Waals surface area (Å²) in [7, 11) is -0.820. The summed E-state index contributed by atoms with van der Waals surface area (Å²) < 4.78 is 30.2. The molecular formula is C18H20N2O6S. The number of carbonyl (C=O) groups excluding carboxylic acids is 2. The lowest BCUT2D eigenvalue weighted by molar-refractivity contribution is -0.119. The van der Waals surface area contributed by atoms with Crippen molar-refractivity contribution in [2.75, 3.05) is 26.0 Å². The van der Waals surface area contributed by atoms with Crippen molar-refractivity contribution in [3.63, 3.8) is 0 Å². The predicted octanol–water partition coefficient (Wildman–Crippen LogP) is 1.75. The summed E-state index contributed by atoms with van der Waals surface area (Å²) in [5.74, 6) is -1.43. The molecule has 2 rings (SSSR count). The molecule has 0 bridgehead atoms. The minimum absolute atomic E-state index is 0.0254. The number of hydrogen-bond acceptors (Lipinski definition) is 6. The number of phenols is 1. The van der Waals surface area contributed by atoms with Gasteiger partial charge in [-0.2, -0.15) is 0 Å². The molecule has 0 aliphatic carbocycles. The number of carbonyl (C=O) groups is 2. The highest BCUT2D eigenvalue weighted by Gasteiger charge is 2.18. The topological polar surface area (TPSA) is 113 Å². The maximum Gasteiger partial charge on any atom is 0.338 e. The third-order valence-corrected chi connectivity index (χ3v) is 5.49. The highest BCUT2D eigenvalue weighted by molar-refractivity contribution is 7.89. The average Bonchev–Trinajstić information content (AvgIpc) is 2.62. The van der Waals surface area contributed by atoms with Gasteiger partial charge in [0.05, 0.1) is 10.5 Å². The molecule has 2 aromatic carbocycles. The predicted molar refractivity (Wildman–Crippen MR) is 99.1 cm³/mol. The van der Waals surface area contributed by atoms with Crippen LogP contribution in [0.2, 0.25) is 0 Å². The Morgan fingerprint density at radius 2 is 1.85 bits per heavy atom. The lowest BCUT2D eigenvalue weighted by Crippen LogP contribution is -2.23. The number of aromatic hydroxyl groups is 1. The fourth-order valence-electron chi connectivity index (χ4n) is 2.09. The van der Waals surface area contributed by atoms with Crippen molar-refractivity contribution in [3.05, 3.63) is 53.6 Å². The van der Waals surface area contributed by atoms with E-state index in [-0.39, 0.29) is 21.9 Å². The highest BCUT2D eigenvalue weighted by Crippen LogP contribution is 2.19. The number of aryl methyl sites for hydroxylation is 1. The molecule has 0 saturated carbocycles. The van der Waals surface area contributed by atoms with Gasteiger partial charge in [0.25, 0.3) is 5.91 Å². The standard InChI is InChI=1S/C18H20N2O6S/c1-12-7-8-13(9-16(12)21)18(23)26-11-17(22)19-14-5-4-6-15(10-14)27(24,25)20(2)3/h4-10,21H,11H2,1-3H3,(H,19,22). The van der Waals surface area contributed by atoms with E-state index in [0.717, 1.165) is 4.31 Å². The maximum absolute atomic E-state index is 12.1. The number of amides is 1. The number of rotatable bonds is 6. The first kappa shape index (κ1) is 20.4. The Balaban J connectivity index is 2.00. The van der Waals surface area contributed by atoms with Crippen LogP contribution in [-0.4, -0.2) is 50.4 Å². The molecule has 2 aromatic rings. The van der Waals surface area contributed by atoms with E-state index in [1.54, 1.807) is 13.0 Å². The number of nitrogens with one attached hydrogen (secondary N) is 1. The van der Waals surface area contributed by atoms with Gasteiger partial charge in [0.2, 0.25) is 10.0 Å². The van der Waals surface area contributed by atoms with Gasteiger partial charge in [0.1, 0.15) is 5.75 Å². The van der Waals surface area contributed by atoms with Gasteiger partial charge in [-0.1, -0.05) is 12.1 Å². The fourth-order valence-corrected chi connectivity index (χ4v) is 3.04. The third kappa shape index (κ3) is 5.05. The Bertz CT molecular complexity index is 970. The van der Waals surface area contributed by atoms with Crippen molar-refractivity contribution in [1.82, 2.24) is 4.31 Å². The zero-order valence-electron chi connectivity index (χ0n) is 15.1. The second-order valence-corrected chi connectivity index (χ2v) is 8.09. The van der Waals surface area contributed by atoms with Gasteiger partial charge in [-0.15, -0.1) is 0 Å². The second-order valence-electron chi connectivity index (χ2n) is 5.94. The van der Waals surface area contributed by atoms with E-state index in [0.29, 0.717) is 5.56 Å². The van der Waals surface area contributed by atoms with E-state index >= 15 is 0 Å². The van der Waals surface area contributed by atoms with Crippen molar-refractivity contribution in [3.8, 4) is 5.75 Å². The summed E-state index contributed by atoms with van der Waals surface area (Å²) in [5, 5.41) is 12.1. The first-order valence-electron chi connectivity index (χ1n) is 7.90. The zero-order valence-corrected chi connectivity index (χ0v) is 15.9. The Kier molecular flexibility index (Phi) is 6.19. The maximum atomic E-state index is 12.1. The molecule has 0 unspecified atom stereocenters. The molecule has 1 amide bonds. The number of ether oxygens (including phenoxy) is 1. The summed E-state index contributed by atoms with van der Waals surface area (Å²) in [4.78, 5) is 23.9. The largest absolute Gasteiger partial charge is 0.508 e. The Hall–Kier alpha value is -2.91. The number of hydrogen-bond donors (Lipinski definition) is 2. The van der Waals surface area contributed by atoms with E-state index < -0.39 is 28.5 Å². The van der Waals surface area contributed by atoms with Crippen LogP contribution in [-0.2, 0) is 19.6 Å². The van der Waals surface area contributed by atoms with Crippen LogP contribution < -0.4 is 5.32 Å². The monoisotopic (exact) mass is 392 g/mol. The van der Waals surface area contributed by atoms with Crippen LogP contribution in [0.5, 0.6) is 5.75 Å². The number of benzene rings is 2. The fraction of sp³-hybridized carbons (Fsp3) is 0.222. The van der Waals surface area contributed by atoms with Gasteiger partial charge >= 0.3 is 5.97 Å². The normalized spacial score (nSPS) is 11.3. The minimum Gasteiger partial charge on any atom is -0.508 e. The molecule has 0 fully saturated rings. The van der Waals surface area contributed by atoms with Crippen LogP contribution in [0.4, 0.5) is 5.69 Å². The average molecular weight is 392 g/mol. The molecule has 0 heterocycles. The van der Waals surface area contributed by atoms with Crippen molar-refractivity contribution in [2.24, 2.45) is 0 Å². The number of anilines is 1. The van der Waals surface area contributed by atoms with Gasteiger partial charge in [0, 0.05) is 19.8 Å². The Morgan fingerprint density at radius 1 is 1.15 bits per heavy atom. The Morgan fingerprint density at radius 3 is 2.48 bits per heavy atom. The third-order valence-electron chi connectivity index (χ3n) is 3.68. The molecule has 0 saturated heterocycles. The summed E-state index contributed by atoms with van der Waals surface area (Å²) in [6.45, 7) is 1.13. The van der Waals surface area contributed by atoms with Crippen LogP contribution in [0.15, 0.2) is 47.4 Å². The van der Waals surface area contributed by atoms with Crippen LogP contribution in [0.1, 0.15) is 15.9 Å². The first-order chi connectivity index (χ1) is 12.6. The lowest BCUT2D eigenvalue weighted by Gasteiger charge is -2.12. The van der Waals surface area contributed by atoms with Crippen LogP contribution in [0.3, 0.4) is 0 Å². The Labute approximate surface area is 157 Å². The molecule has 2 N–H and O–H groups in total. The molecule has 8 nitrogen and oxygen atoms in total. The minimum atomic E-state index is -3.63. The summed E-state index contributed by atoms with van der Waals surface area (Å²) in [5.41, 5.74) is 0.980. The molecule has 0 aromatic heterocycles. The van der Waals surface area contributed by atoms with E-state index in [9.17, 15) is 23.1 Å². The second kappa shape index (κ2) is 8.19. The van der Waals surface area contributed by atoms with Crippen molar-refractivity contribution in [2.45, 2.75) is 11.8 Å². The van der Waals surface area contributed by atoms with Crippen molar-refractivity contribution >= 4 is 27.6 Å². The van der Waals surface area contributed by atoms with Gasteiger partial charge in [-0.05, 0) is 42.8 Å². The SMILES string of the molecule is Cc1ccc(C(=O)OCC(=O)Nc2cccc(S(=O)(=O)N(C)C)c2)cc1O. The van der Waals surface area contributed by atoms with E-state index in [1.165, 1.54) is 50.5 Å². The highest BCUT2D eigenvalue weighted by atomic mass is 32.2. The lowest BCUT2D eigenvalue weighted by atomic mass is 10.1. The first-order valence-corrected chi connectivity index (χ1v) is 9.34. The van der Waals surface area contributed by atoms with E-state index in [4.69, 9.17) is 4.74 Å². The summed E-state index contributed by atoms with van der Waals surface area (Å²) in [6.07, 6.45) is 0. The molecular weight excluding hydrogens is 372 g/mol. The summed E-state index contributed by atoms with van der Waals surface area (Å²) in [6, 6.07) is 10.0. The summed E-state index contributed by atoms with van der Waals surface area (Å²) >= 11 is 0. The number of sulfonamides is 1. The molecule has 0 aliphatic rings. The van der Waals surface area contributed by atoms with Crippen LogP contribution in [0, 0.1) is 6.92 Å². The van der Waals surface area contributed by atoms with Crippen molar-refractivity contribution in [1.29, 1.82) is 0 Å². The molecule has 0 atom stereocenters. The van der Waals surface area contributed by atoms with E-state index in [1.807, 2.05) is 0 Å². The molecule has 144 valence electrons. The molecule has 0 aliphatic heterocycles. The number of esters is 1. The van der Waals surface area contributed by atoms with Gasteiger partial charge in [0.15, 0.2) is 6.61 Å².